The quantitative estimate of drug-likeness (QED) is 0.102. The van der Waals surface area contributed by atoms with Gasteiger partial charge in [-0.05, 0) is 326 Å². The summed E-state index contributed by atoms with van der Waals surface area (Å²) in [6.45, 7) is 14.0. The van der Waals surface area contributed by atoms with Gasteiger partial charge in [0.2, 0.25) is 0 Å². The lowest BCUT2D eigenvalue weighted by Gasteiger charge is -2.26. The smallest absolute Gasteiger partial charge is 0.135 e. The van der Waals surface area contributed by atoms with Crippen molar-refractivity contribution >= 4 is 147 Å². The van der Waals surface area contributed by atoms with Crippen LogP contribution in [0.1, 0.15) is 74.9 Å². The first kappa shape index (κ1) is 88.0. The monoisotopic (exact) mass is 1890 g/mol. The highest BCUT2D eigenvalue weighted by atomic mass is 32.1. The lowest BCUT2D eigenvalue weighted by molar-refractivity contribution is 0.660. The Hall–Kier alpha value is -17.3. The van der Waals surface area contributed by atoms with Gasteiger partial charge in [0.1, 0.15) is 11.2 Å². The Morgan fingerprint density at radius 3 is 0.800 bits per heavy atom. The molecule has 145 heavy (non-hydrogen) atoms. The molecule has 3 aliphatic rings. The van der Waals surface area contributed by atoms with Crippen molar-refractivity contribution in [1.82, 2.24) is 0 Å². The molecule has 3 aromatic heterocycles. The van der Waals surface area contributed by atoms with Gasteiger partial charge in [0, 0.05) is 119 Å². The molecule has 6 heteroatoms. The maximum Gasteiger partial charge on any atom is 0.135 e. The normalized spacial score (nSPS) is 13.1. The predicted octanol–water partition coefficient (Wildman–Crippen LogP) is 40.2. The van der Waals surface area contributed by atoms with Crippen LogP contribution in [-0.2, 0) is 16.2 Å². The second kappa shape index (κ2) is 35.8. The Morgan fingerprint density at radius 1 is 0.159 bits per heavy atom. The highest BCUT2D eigenvalue weighted by Crippen LogP contribution is 2.55. The largest absolute Gasteiger partial charge is 0.456 e. The lowest BCUT2D eigenvalue weighted by Crippen LogP contribution is -2.14. The first-order valence-electron chi connectivity index (χ1n) is 50.2. The van der Waals surface area contributed by atoms with E-state index in [0.717, 1.165) is 73.1 Å². The van der Waals surface area contributed by atoms with Crippen LogP contribution in [0.3, 0.4) is 0 Å². The third-order valence-corrected chi connectivity index (χ3v) is 33.0. The number of anilines is 9. The van der Waals surface area contributed by atoms with Gasteiger partial charge in [0.25, 0.3) is 0 Å². The summed E-state index contributed by atoms with van der Waals surface area (Å²) in [7, 11) is 0. The number of fused-ring (bicyclic) bond motifs is 19. The van der Waals surface area contributed by atoms with Crippen molar-refractivity contribution in [2.24, 2.45) is 0 Å². The van der Waals surface area contributed by atoms with Crippen LogP contribution < -0.4 is 14.7 Å². The second-order valence-corrected chi connectivity index (χ2v) is 42.4. The second-order valence-electron chi connectivity index (χ2n) is 40.2. The molecule has 25 aromatic rings. The minimum atomic E-state index is 0.00918. The molecule has 0 amide bonds. The van der Waals surface area contributed by atoms with Crippen molar-refractivity contribution in [1.29, 1.82) is 0 Å². The van der Waals surface area contributed by atoms with Crippen LogP contribution in [0.2, 0.25) is 0 Å². The molecular formula is C139H101N3OS2. The zero-order valence-electron chi connectivity index (χ0n) is 81.5. The molecule has 3 heterocycles. The highest BCUT2D eigenvalue weighted by molar-refractivity contribution is 7.26. The molecule has 690 valence electrons. The van der Waals surface area contributed by atoms with Crippen molar-refractivity contribution in [3.63, 3.8) is 0 Å². The molecule has 0 bridgehead atoms. The summed E-state index contributed by atoms with van der Waals surface area (Å²) >= 11 is 3.73. The van der Waals surface area contributed by atoms with Gasteiger partial charge in [-0.2, -0.15) is 0 Å². The van der Waals surface area contributed by atoms with E-state index in [1.165, 1.54) is 185 Å². The van der Waals surface area contributed by atoms with Crippen LogP contribution in [-0.4, -0.2) is 0 Å². The molecule has 0 fully saturated rings. The van der Waals surface area contributed by atoms with Gasteiger partial charge in [-0.1, -0.05) is 363 Å². The number of nitrogens with zero attached hydrogens (tertiary/aromatic N) is 3. The molecular weight excluding hydrogens is 1790 g/mol. The number of benzene rings is 22. The summed E-state index contributed by atoms with van der Waals surface area (Å²) in [5.74, 6) is 0. The topological polar surface area (TPSA) is 22.9 Å². The molecule has 0 radical (unpaired) electrons. The number of para-hydroxylation sites is 3. The summed E-state index contributed by atoms with van der Waals surface area (Å²) in [5, 5.41) is 10.1. The maximum atomic E-state index is 6.06. The molecule has 28 rings (SSSR count). The molecule has 3 aliphatic carbocycles. The van der Waals surface area contributed by atoms with Crippen LogP contribution in [0.4, 0.5) is 51.2 Å². The van der Waals surface area contributed by atoms with Gasteiger partial charge in [-0.3, -0.25) is 0 Å². The maximum absolute atomic E-state index is 6.06. The molecule has 4 nitrogen and oxygen atoms in total. The molecule has 0 N–H and O–H groups in total. The molecule has 0 saturated carbocycles. The predicted molar refractivity (Wildman–Crippen MR) is 619 cm³/mol. The lowest BCUT2D eigenvalue weighted by atomic mass is 9.82. The van der Waals surface area contributed by atoms with Gasteiger partial charge in [0.15, 0.2) is 0 Å². The fraction of sp³-hybridized carbons (Fsp3) is 0.0647. The fourth-order valence-electron chi connectivity index (χ4n) is 23.0. The van der Waals surface area contributed by atoms with E-state index in [0.29, 0.717) is 0 Å². The molecule has 22 aromatic carbocycles. The highest BCUT2D eigenvalue weighted by Gasteiger charge is 2.39. The Morgan fingerprint density at radius 2 is 0.414 bits per heavy atom. The average Bonchev–Trinajstić information content (AvgIpc) is 1.58. The van der Waals surface area contributed by atoms with Crippen molar-refractivity contribution in [3.8, 4) is 100 Å². The summed E-state index contributed by atoms with van der Waals surface area (Å²) in [6, 6.07) is 184. The van der Waals surface area contributed by atoms with E-state index < -0.39 is 0 Å². The van der Waals surface area contributed by atoms with E-state index in [-0.39, 0.29) is 16.2 Å². The van der Waals surface area contributed by atoms with Gasteiger partial charge < -0.3 is 19.1 Å². The Bertz CT molecular complexity index is 8960. The summed E-state index contributed by atoms with van der Waals surface area (Å²) < 4.78 is 11.4. The number of hydrogen-bond acceptors (Lipinski definition) is 6. The number of furan rings is 1. The first-order chi connectivity index (χ1) is 71.1. The van der Waals surface area contributed by atoms with E-state index in [1.807, 2.05) is 34.8 Å². The van der Waals surface area contributed by atoms with Crippen molar-refractivity contribution in [2.75, 3.05) is 14.7 Å². The van der Waals surface area contributed by atoms with Gasteiger partial charge in [-0.15, -0.1) is 22.7 Å². The third-order valence-electron chi connectivity index (χ3n) is 30.7. The standard InChI is InChI=1S/C49H35NS.C45H33NO.C45H33NS/c1-49(2)45-13-7-5-11-41(45)43-30-36(20-27-46(43)49)33-15-22-38(23-16-33)50(40-26-19-32-9-3-4-10-35(32)29-40)39-24-17-34(18-25-39)37-21-28-48-44(31-37)42-12-6-8-14-47(42)51-48;2*1-45(2)41-14-8-6-12-37(41)39-28-32(20-26-42(39)45)30-16-22-35(23-17-30)46(34-10-4-3-5-11-34)36-24-18-31(19-25-36)33-21-27-44-40(29-33)38-13-7-9-15-43(38)47-44/h3-31H,1-2H3;2*3-29H,1-2H3. The van der Waals surface area contributed by atoms with Gasteiger partial charge in [0.05, 0.1) is 0 Å². The molecule has 0 unspecified atom stereocenters. The number of thiophene rings is 2. The van der Waals surface area contributed by atoms with E-state index in [2.05, 4.69) is 548 Å². The van der Waals surface area contributed by atoms with E-state index >= 15 is 0 Å². The third kappa shape index (κ3) is 15.7. The van der Waals surface area contributed by atoms with Crippen LogP contribution in [0.15, 0.2) is 508 Å². The molecule has 0 spiro atoms. The SMILES string of the molecule is CC1(C)c2ccccc2-c2cc(-c3ccc(N(c4ccc(-c5ccc6sc7ccccc7c6c5)cc4)c4ccc5ccccc5c4)cc3)ccc21.CC1(C)c2ccccc2-c2cc(-c3ccc(N(c4ccccc4)c4ccc(-c5ccc6oc7ccccc7c6c5)cc4)cc3)ccc21.CC1(C)c2ccccc2-c2cc(-c3ccc(N(c4ccccc4)c4ccc(-c5ccc6sc7ccccc7c6c5)cc4)cc3)ccc21. The van der Waals surface area contributed by atoms with Crippen molar-refractivity contribution in [2.45, 2.75) is 57.8 Å². The van der Waals surface area contributed by atoms with Crippen LogP contribution in [0, 0.1) is 0 Å². The summed E-state index contributed by atoms with van der Waals surface area (Å²) in [4.78, 5) is 7.03. The zero-order chi connectivity index (χ0) is 97.2. The first-order valence-corrected chi connectivity index (χ1v) is 51.8. The Kier molecular flexibility index (Phi) is 21.7. The summed E-state index contributed by atoms with van der Waals surface area (Å²) in [5.41, 5.74) is 43.2. The van der Waals surface area contributed by atoms with Gasteiger partial charge >= 0.3 is 0 Å². The van der Waals surface area contributed by atoms with Crippen molar-refractivity contribution < 1.29 is 4.42 Å². The molecule has 0 atom stereocenters. The van der Waals surface area contributed by atoms with Crippen LogP contribution >= 0.6 is 22.7 Å². The summed E-state index contributed by atoms with van der Waals surface area (Å²) in [6.07, 6.45) is 0. The van der Waals surface area contributed by atoms with Crippen molar-refractivity contribution in [3.05, 3.63) is 537 Å². The van der Waals surface area contributed by atoms with E-state index in [9.17, 15) is 0 Å². The molecule has 0 aliphatic heterocycles. The Labute approximate surface area is 854 Å². The van der Waals surface area contributed by atoms with Crippen LogP contribution in [0.25, 0.3) is 173 Å². The number of hydrogen-bond donors (Lipinski definition) is 0. The zero-order valence-corrected chi connectivity index (χ0v) is 83.1. The van der Waals surface area contributed by atoms with E-state index in [4.69, 9.17) is 4.42 Å². The van der Waals surface area contributed by atoms with E-state index in [1.54, 1.807) is 0 Å². The van der Waals surface area contributed by atoms with Crippen LogP contribution in [0.5, 0.6) is 0 Å². The van der Waals surface area contributed by atoms with Gasteiger partial charge in [-0.25, -0.2) is 0 Å². The minimum Gasteiger partial charge on any atom is -0.456 e. The minimum absolute atomic E-state index is 0.00918. The Balaban J connectivity index is 0.000000111. The molecule has 0 saturated heterocycles. The average molecular weight is 1890 g/mol. The number of rotatable bonds is 15. The fourth-order valence-corrected chi connectivity index (χ4v) is 25.2.